The minimum Gasteiger partial charge on any atom is -0.356 e. The molecule has 0 saturated carbocycles. The lowest BCUT2D eigenvalue weighted by atomic mass is 10.2. The molecule has 18 heavy (non-hydrogen) atoms. The topological polar surface area (TPSA) is 84.0 Å². The summed E-state index contributed by atoms with van der Waals surface area (Å²) < 4.78 is 0.217. The fraction of sp³-hybridized carbons (Fsp3) is 0.600. The third-order valence-corrected chi connectivity index (χ3v) is 2.96. The summed E-state index contributed by atoms with van der Waals surface area (Å²) in [6, 6.07) is 0. The van der Waals surface area contributed by atoms with E-state index < -0.39 is 0 Å². The van der Waals surface area contributed by atoms with Gasteiger partial charge in [0.25, 0.3) is 5.91 Å². The van der Waals surface area contributed by atoms with Crippen LogP contribution in [0.25, 0.3) is 0 Å². The Kier molecular flexibility index (Phi) is 6.00. The molecule has 1 aromatic rings. The molecule has 1 heterocycles. The Morgan fingerprint density at radius 3 is 2.61 bits per heavy atom. The molecule has 0 atom stereocenters. The minimum absolute atomic E-state index is 0.0840. The predicted octanol–water partition coefficient (Wildman–Crippen LogP) is 1.08. The number of nitrogens with one attached hydrogen (secondary N) is 2. The Bertz CT molecular complexity index is 422. The minimum atomic E-state index is -0.365. The molecule has 0 bridgehead atoms. The molecule has 8 heteroatoms. The third-order valence-electron chi connectivity index (χ3n) is 1.94. The number of hydrogen-bond donors (Lipinski definition) is 2. The van der Waals surface area contributed by atoms with Crippen molar-refractivity contribution in [2.75, 3.05) is 13.1 Å². The van der Waals surface area contributed by atoms with Crippen LogP contribution in [0.5, 0.6) is 0 Å². The second-order valence-electron chi connectivity index (χ2n) is 4.06. The summed E-state index contributed by atoms with van der Waals surface area (Å²) in [5, 5.41) is 12.7. The van der Waals surface area contributed by atoms with Crippen LogP contribution in [0.3, 0.4) is 0 Å². The Balaban J connectivity index is 2.21. The summed E-state index contributed by atoms with van der Waals surface area (Å²) in [4.78, 5) is 22.9. The lowest BCUT2D eigenvalue weighted by Gasteiger charge is -2.07. The molecule has 2 amide bonds. The largest absolute Gasteiger partial charge is 0.356 e. The van der Waals surface area contributed by atoms with E-state index in [4.69, 9.17) is 11.6 Å². The first kappa shape index (κ1) is 14.8. The van der Waals surface area contributed by atoms with Crippen molar-refractivity contribution >= 4 is 34.8 Å². The Hall–Kier alpha value is -1.21. The molecule has 0 aromatic carbocycles. The number of aromatic nitrogens is 2. The molecule has 0 fully saturated rings. The van der Waals surface area contributed by atoms with E-state index in [2.05, 4.69) is 20.8 Å². The fourth-order valence-electron chi connectivity index (χ4n) is 1.07. The molecule has 0 aliphatic rings. The Labute approximate surface area is 114 Å². The van der Waals surface area contributed by atoms with Gasteiger partial charge in [-0.25, -0.2) is 0 Å². The quantitative estimate of drug-likeness (QED) is 0.821. The number of hydrogen-bond acceptors (Lipinski definition) is 5. The summed E-state index contributed by atoms with van der Waals surface area (Å²) in [6.07, 6.45) is 0.241. The molecule has 1 rings (SSSR count). The number of carbonyl (C=O) groups is 2. The van der Waals surface area contributed by atoms with E-state index in [0.717, 1.165) is 11.3 Å². The van der Waals surface area contributed by atoms with E-state index >= 15 is 0 Å². The molecule has 1 aromatic heterocycles. The van der Waals surface area contributed by atoms with Gasteiger partial charge in [-0.15, -0.1) is 10.2 Å². The van der Waals surface area contributed by atoms with Crippen molar-refractivity contribution in [1.82, 2.24) is 20.8 Å². The molecule has 0 aliphatic carbocycles. The lowest BCUT2D eigenvalue weighted by Crippen LogP contribution is -2.32. The standard InChI is InChI=1S/C10H15ClN4O2S/c1-6(2)5-13-7(16)3-4-12-8(17)9-14-15-10(11)18-9/h6H,3-5H2,1-2H3,(H,12,17)(H,13,16). The van der Waals surface area contributed by atoms with Crippen molar-refractivity contribution in [3.8, 4) is 0 Å². The second kappa shape index (κ2) is 7.27. The summed E-state index contributed by atoms with van der Waals surface area (Å²) in [7, 11) is 0. The normalized spacial score (nSPS) is 10.4. The highest BCUT2D eigenvalue weighted by atomic mass is 35.5. The van der Waals surface area contributed by atoms with Gasteiger partial charge in [0.05, 0.1) is 0 Å². The van der Waals surface area contributed by atoms with Gasteiger partial charge in [0, 0.05) is 19.5 Å². The van der Waals surface area contributed by atoms with Crippen LogP contribution in [0, 0.1) is 5.92 Å². The number of halogens is 1. The van der Waals surface area contributed by atoms with Gasteiger partial charge in [0.1, 0.15) is 0 Å². The maximum Gasteiger partial charge on any atom is 0.282 e. The van der Waals surface area contributed by atoms with Crippen molar-refractivity contribution in [3.63, 3.8) is 0 Å². The fourth-order valence-corrected chi connectivity index (χ4v) is 1.81. The molecule has 0 unspecified atom stereocenters. The molecule has 100 valence electrons. The second-order valence-corrected chi connectivity index (χ2v) is 5.62. The molecular weight excluding hydrogens is 276 g/mol. The zero-order valence-corrected chi connectivity index (χ0v) is 11.8. The number of rotatable bonds is 6. The zero-order chi connectivity index (χ0) is 13.5. The van der Waals surface area contributed by atoms with Gasteiger partial charge in [0.15, 0.2) is 0 Å². The molecule has 2 N–H and O–H groups in total. The smallest absolute Gasteiger partial charge is 0.282 e. The van der Waals surface area contributed by atoms with E-state index in [1.807, 2.05) is 13.8 Å². The molecular formula is C10H15ClN4O2S. The maximum atomic E-state index is 11.5. The highest BCUT2D eigenvalue weighted by Gasteiger charge is 2.11. The van der Waals surface area contributed by atoms with Gasteiger partial charge in [0.2, 0.25) is 15.4 Å². The number of carbonyl (C=O) groups excluding carboxylic acids is 2. The average molecular weight is 291 g/mol. The molecule has 0 aliphatic heterocycles. The highest BCUT2D eigenvalue weighted by molar-refractivity contribution is 7.17. The average Bonchev–Trinajstić information content (AvgIpc) is 2.73. The Morgan fingerprint density at radius 2 is 2.06 bits per heavy atom. The highest BCUT2D eigenvalue weighted by Crippen LogP contribution is 2.14. The van der Waals surface area contributed by atoms with Crippen LogP contribution in [0.1, 0.15) is 30.1 Å². The first-order valence-electron chi connectivity index (χ1n) is 5.53. The summed E-state index contributed by atoms with van der Waals surface area (Å²) in [6.45, 7) is 4.93. The van der Waals surface area contributed by atoms with E-state index in [1.54, 1.807) is 0 Å². The first-order valence-corrected chi connectivity index (χ1v) is 6.72. The van der Waals surface area contributed by atoms with Crippen LogP contribution >= 0.6 is 22.9 Å². The summed E-state index contributed by atoms with van der Waals surface area (Å²) in [5.74, 6) is -0.0394. The van der Waals surface area contributed by atoms with Crippen molar-refractivity contribution in [2.45, 2.75) is 20.3 Å². The van der Waals surface area contributed by atoms with Gasteiger partial charge >= 0.3 is 0 Å². The summed E-state index contributed by atoms with van der Waals surface area (Å²) >= 11 is 6.56. The monoisotopic (exact) mass is 290 g/mol. The van der Waals surface area contributed by atoms with Crippen LogP contribution in [0.15, 0.2) is 0 Å². The number of amides is 2. The van der Waals surface area contributed by atoms with E-state index in [0.29, 0.717) is 12.5 Å². The van der Waals surface area contributed by atoms with Crippen LogP contribution in [0.2, 0.25) is 4.47 Å². The van der Waals surface area contributed by atoms with Crippen LogP contribution in [0.4, 0.5) is 0 Å². The van der Waals surface area contributed by atoms with Crippen LogP contribution in [-0.2, 0) is 4.79 Å². The van der Waals surface area contributed by atoms with Gasteiger partial charge < -0.3 is 10.6 Å². The molecule has 0 spiro atoms. The molecule has 0 radical (unpaired) electrons. The first-order chi connectivity index (χ1) is 8.49. The molecule has 6 nitrogen and oxygen atoms in total. The van der Waals surface area contributed by atoms with Crippen molar-refractivity contribution < 1.29 is 9.59 Å². The van der Waals surface area contributed by atoms with Crippen LogP contribution in [-0.4, -0.2) is 35.1 Å². The van der Waals surface area contributed by atoms with E-state index in [9.17, 15) is 9.59 Å². The van der Waals surface area contributed by atoms with Gasteiger partial charge in [-0.3, -0.25) is 9.59 Å². The van der Waals surface area contributed by atoms with Crippen LogP contribution < -0.4 is 10.6 Å². The SMILES string of the molecule is CC(C)CNC(=O)CCNC(=O)c1nnc(Cl)s1. The third kappa shape index (κ3) is 5.42. The van der Waals surface area contributed by atoms with Gasteiger partial charge in [-0.05, 0) is 17.5 Å². The molecule has 0 saturated heterocycles. The van der Waals surface area contributed by atoms with Crippen molar-refractivity contribution in [2.24, 2.45) is 5.92 Å². The predicted molar refractivity (Wildman–Crippen MR) is 69.7 cm³/mol. The van der Waals surface area contributed by atoms with E-state index in [-0.39, 0.29) is 34.3 Å². The zero-order valence-electron chi connectivity index (χ0n) is 10.2. The van der Waals surface area contributed by atoms with Crippen molar-refractivity contribution in [3.05, 3.63) is 9.47 Å². The van der Waals surface area contributed by atoms with Gasteiger partial charge in [-0.2, -0.15) is 0 Å². The van der Waals surface area contributed by atoms with Gasteiger partial charge in [-0.1, -0.05) is 25.2 Å². The summed E-state index contributed by atoms with van der Waals surface area (Å²) in [5.41, 5.74) is 0. The Morgan fingerprint density at radius 1 is 1.33 bits per heavy atom. The number of nitrogens with zero attached hydrogens (tertiary/aromatic N) is 2. The van der Waals surface area contributed by atoms with Crippen molar-refractivity contribution in [1.29, 1.82) is 0 Å². The lowest BCUT2D eigenvalue weighted by molar-refractivity contribution is -0.121. The van der Waals surface area contributed by atoms with E-state index in [1.165, 1.54) is 0 Å². The maximum absolute atomic E-state index is 11.5.